The second-order valence-corrected chi connectivity index (χ2v) is 4.52. The van der Waals surface area contributed by atoms with Crippen molar-refractivity contribution in [1.82, 2.24) is 9.97 Å². The Morgan fingerprint density at radius 2 is 1.86 bits per heavy atom. The summed E-state index contributed by atoms with van der Waals surface area (Å²) in [6.07, 6.45) is 5.99. The van der Waals surface area contributed by atoms with Gasteiger partial charge in [0, 0.05) is 12.4 Å². The topological polar surface area (TPSA) is 25.8 Å². The van der Waals surface area contributed by atoms with Crippen molar-refractivity contribution in [2.45, 2.75) is 46.5 Å². The van der Waals surface area contributed by atoms with Gasteiger partial charge in [0.15, 0.2) is 0 Å². The van der Waals surface area contributed by atoms with Gasteiger partial charge < -0.3 is 0 Å². The number of hydrogen-bond donors (Lipinski definition) is 0. The molecule has 0 spiro atoms. The lowest BCUT2D eigenvalue weighted by Crippen LogP contribution is -2.00. The van der Waals surface area contributed by atoms with Crippen LogP contribution >= 0.6 is 0 Å². The molecule has 0 saturated heterocycles. The first-order valence-corrected chi connectivity index (χ1v) is 5.40. The van der Waals surface area contributed by atoms with E-state index in [2.05, 4.69) is 37.7 Å². The molecule has 0 saturated carbocycles. The van der Waals surface area contributed by atoms with E-state index >= 15 is 0 Å². The normalized spacial score (nSPS) is 11.3. The predicted octanol–water partition coefficient (Wildman–Crippen LogP) is 3.19. The van der Waals surface area contributed by atoms with Crippen LogP contribution in [0.3, 0.4) is 0 Å². The Kier molecular flexibility index (Phi) is 4.05. The molecular formula is C12H20N2. The van der Waals surface area contributed by atoms with Crippen molar-refractivity contribution in [2.24, 2.45) is 5.92 Å². The van der Waals surface area contributed by atoms with Gasteiger partial charge in [-0.15, -0.1) is 0 Å². The van der Waals surface area contributed by atoms with E-state index in [4.69, 9.17) is 0 Å². The standard InChI is InChI=1S/C12H20N2/c1-9(2)5-6-11-7-13-8-12(14-11)10(3)4/h7-10H,5-6H2,1-4H3. The molecule has 0 atom stereocenters. The zero-order valence-corrected chi connectivity index (χ0v) is 9.62. The molecule has 0 aromatic carbocycles. The summed E-state index contributed by atoms with van der Waals surface area (Å²) >= 11 is 0. The zero-order chi connectivity index (χ0) is 10.6. The SMILES string of the molecule is CC(C)CCc1cncc(C(C)C)n1. The molecule has 0 aliphatic heterocycles. The van der Waals surface area contributed by atoms with Gasteiger partial charge in [0.2, 0.25) is 0 Å². The molecular weight excluding hydrogens is 172 g/mol. The average molecular weight is 192 g/mol. The summed E-state index contributed by atoms with van der Waals surface area (Å²) in [5.41, 5.74) is 2.23. The van der Waals surface area contributed by atoms with Crippen molar-refractivity contribution < 1.29 is 0 Å². The van der Waals surface area contributed by atoms with Crippen LogP contribution in [0.2, 0.25) is 0 Å². The maximum absolute atomic E-state index is 4.58. The maximum atomic E-state index is 4.58. The third kappa shape index (κ3) is 3.44. The molecule has 0 unspecified atom stereocenters. The lowest BCUT2D eigenvalue weighted by molar-refractivity contribution is 0.578. The van der Waals surface area contributed by atoms with E-state index in [1.54, 1.807) is 0 Å². The summed E-state index contributed by atoms with van der Waals surface area (Å²) in [6.45, 7) is 8.77. The molecule has 1 heterocycles. The maximum Gasteiger partial charge on any atom is 0.0615 e. The van der Waals surface area contributed by atoms with Crippen LogP contribution < -0.4 is 0 Å². The second-order valence-electron chi connectivity index (χ2n) is 4.52. The van der Waals surface area contributed by atoms with Crippen molar-refractivity contribution in [2.75, 3.05) is 0 Å². The van der Waals surface area contributed by atoms with Crippen LogP contribution in [0.15, 0.2) is 12.4 Å². The van der Waals surface area contributed by atoms with Crippen LogP contribution in [0.25, 0.3) is 0 Å². The second kappa shape index (κ2) is 5.08. The van der Waals surface area contributed by atoms with Crippen molar-refractivity contribution >= 4 is 0 Å². The van der Waals surface area contributed by atoms with Gasteiger partial charge in [0.05, 0.1) is 11.4 Å². The highest BCUT2D eigenvalue weighted by Gasteiger charge is 2.03. The number of aromatic nitrogens is 2. The van der Waals surface area contributed by atoms with Crippen molar-refractivity contribution in [3.05, 3.63) is 23.8 Å². The molecule has 0 amide bonds. The average Bonchev–Trinajstić information content (AvgIpc) is 2.15. The molecule has 0 aliphatic rings. The number of rotatable bonds is 4. The summed E-state index contributed by atoms with van der Waals surface area (Å²) in [7, 11) is 0. The third-order valence-electron chi connectivity index (χ3n) is 2.27. The van der Waals surface area contributed by atoms with E-state index < -0.39 is 0 Å². The summed E-state index contributed by atoms with van der Waals surface area (Å²) < 4.78 is 0. The molecule has 0 radical (unpaired) electrons. The van der Waals surface area contributed by atoms with Crippen LogP contribution in [0, 0.1) is 5.92 Å². The summed E-state index contributed by atoms with van der Waals surface area (Å²) in [4.78, 5) is 8.80. The summed E-state index contributed by atoms with van der Waals surface area (Å²) in [5, 5.41) is 0. The summed E-state index contributed by atoms with van der Waals surface area (Å²) in [6, 6.07) is 0. The van der Waals surface area contributed by atoms with Gasteiger partial charge in [-0.2, -0.15) is 0 Å². The Bertz CT molecular complexity index is 279. The summed E-state index contributed by atoms with van der Waals surface area (Å²) in [5.74, 6) is 1.21. The van der Waals surface area contributed by atoms with E-state index in [1.165, 1.54) is 6.42 Å². The van der Waals surface area contributed by atoms with E-state index in [1.807, 2.05) is 12.4 Å². The fraction of sp³-hybridized carbons (Fsp3) is 0.667. The quantitative estimate of drug-likeness (QED) is 0.732. The highest BCUT2D eigenvalue weighted by atomic mass is 14.8. The van der Waals surface area contributed by atoms with Crippen LogP contribution in [-0.2, 0) is 6.42 Å². The smallest absolute Gasteiger partial charge is 0.0615 e. The third-order valence-corrected chi connectivity index (χ3v) is 2.27. The van der Waals surface area contributed by atoms with E-state index in [0.29, 0.717) is 5.92 Å². The molecule has 1 rings (SSSR count). The van der Waals surface area contributed by atoms with Gasteiger partial charge in [-0.05, 0) is 24.7 Å². The van der Waals surface area contributed by atoms with Gasteiger partial charge in [0.1, 0.15) is 0 Å². The molecule has 2 heteroatoms. The Morgan fingerprint density at radius 1 is 1.14 bits per heavy atom. The van der Waals surface area contributed by atoms with Crippen molar-refractivity contribution in [3.63, 3.8) is 0 Å². The molecule has 78 valence electrons. The number of nitrogens with zero attached hydrogens (tertiary/aromatic N) is 2. The van der Waals surface area contributed by atoms with Crippen molar-refractivity contribution in [3.8, 4) is 0 Å². The number of hydrogen-bond acceptors (Lipinski definition) is 2. The van der Waals surface area contributed by atoms with Gasteiger partial charge in [-0.3, -0.25) is 9.97 Å². The predicted molar refractivity (Wildman–Crippen MR) is 59.3 cm³/mol. The number of aryl methyl sites for hydroxylation is 1. The van der Waals surface area contributed by atoms with E-state index in [0.717, 1.165) is 23.7 Å². The fourth-order valence-corrected chi connectivity index (χ4v) is 1.26. The lowest BCUT2D eigenvalue weighted by atomic mass is 10.1. The van der Waals surface area contributed by atoms with Crippen molar-refractivity contribution in [1.29, 1.82) is 0 Å². The first-order valence-electron chi connectivity index (χ1n) is 5.40. The minimum atomic E-state index is 0.474. The zero-order valence-electron chi connectivity index (χ0n) is 9.62. The van der Waals surface area contributed by atoms with Crippen LogP contribution in [0.5, 0.6) is 0 Å². The molecule has 0 N–H and O–H groups in total. The van der Waals surface area contributed by atoms with E-state index in [9.17, 15) is 0 Å². The lowest BCUT2D eigenvalue weighted by Gasteiger charge is -2.07. The first kappa shape index (κ1) is 11.2. The highest BCUT2D eigenvalue weighted by Crippen LogP contribution is 2.12. The molecule has 1 aromatic rings. The molecule has 0 fully saturated rings. The molecule has 0 aliphatic carbocycles. The van der Waals surface area contributed by atoms with Crippen LogP contribution in [0.1, 0.15) is 51.4 Å². The Balaban J connectivity index is 2.64. The van der Waals surface area contributed by atoms with Gasteiger partial charge in [0.25, 0.3) is 0 Å². The largest absolute Gasteiger partial charge is 0.261 e. The van der Waals surface area contributed by atoms with Gasteiger partial charge >= 0.3 is 0 Å². The monoisotopic (exact) mass is 192 g/mol. The van der Waals surface area contributed by atoms with Gasteiger partial charge in [-0.25, -0.2) is 0 Å². The Labute approximate surface area is 86.8 Å². The van der Waals surface area contributed by atoms with Crippen LogP contribution in [-0.4, -0.2) is 9.97 Å². The van der Waals surface area contributed by atoms with Gasteiger partial charge in [-0.1, -0.05) is 27.7 Å². The molecule has 14 heavy (non-hydrogen) atoms. The molecule has 2 nitrogen and oxygen atoms in total. The fourth-order valence-electron chi connectivity index (χ4n) is 1.26. The minimum Gasteiger partial charge on any atom is -0.261 e. The molecule has 0 bridgehead atoms. The van der Waals surface area contributed by atoms with Crippen LogP contribution in [0.4, 0.5) is 0 Å². The van der Waals surface area contributed by atoms with E-state index in [-0.39, 0.29) is 0 Å². The Hall–Kier alpha value is -0.920. The first-order chi connectivity index (χ1) is 6.59. The Morgan fingerprint density at radius 3 is 2.43 bits per heavy atom. The minimum absolute atomic E-state index is 0.474. The highest BCUT2D eigenvalue weighted by molar-refractivity contribution is 5.06. The molecule has 1 aromatic heterocycles.